The van der Waals surface area contributed by atoms with Gasteiger partial charge in [0, 0.05) is 30.0 Å². The van der Waals surface area contributed by atoms with Crippen molar-refractivity contribution in [2.24, 2.45) is 5.41 Å². The maximum absolute atomic E-state index is 6.36. The fourth-order valence-corrected chi connectivity index (χ4v) is 3.26. The van der Waals surface area contributed by atoms with Crippen LogP contribution in [0.3, 0.4) is 0 Å². The van der Waals surface area contributed by atoms with Crippen LogP contribution in [0.4, 0.5) is 0 Å². The monoisotopic (exact) mass is 267 g/mol. The fraction of sp³-hybridized carbons (Fsp3) is 0.600. The van der Waals surface area contributed by atoms with Crippen LogP contribution in [0, 0.1) is 5.41 Å². The Morgan fingerprint density at radius 2 is 2.17 bits per heavy atom. The van der Waals surface area contributed by atoms with E-state index in [-0.39, 0.29) is 11.5 Å². The summed E-state index contributed by atoms with van der Waals surface area (Å²) in [7, 11) is 1.79. The van der Waals surface area contributed by atoms with Crippen molar-refractivity contribution in [3.8, 4) is 0 Å². The minimum Gasteiger partial charge on any atom is -0.381 e. The minimum absolute atomic E-state index is 0.130. The highest BCUT2D eigenvalue weighted by Gasteiger charge is 2.42. The lowest BCUT2D eigenvalue weighted by atomic mass is 9.66. The molecule has 1 aliphatic rings. The largest absolute Gasteiger partial charge is 0.381 e. The molecule has 3 unspecified atom stereocenters. The van der Waals surface area contributed by atoms with E-state index in [0.29, 0.717) is 5.92 Å². The van der Waals surface area contributed by atoms with E-state index in [9.17, 15) is 0 Å². The van der Waals surface area contributed by atoms with Gasteiger partial charge in [-0.25, -0.2) is 0 Å². The first kappa shape index (κ1) is 13.9. The molecule has 3 heteroatoms. The number of nitrogens with one attached hydrogen (secondary N) is 1. The summed E-state index contributed by atoms with van der Waals surface area (Å²) in [6.07, 6.45) is 1.33. The second kappa shape index (κ2) is 5.60. The molecule has 3 atom stereocenters. The Labute approximate surface area is 115 Å². The number of methoxy groups -OCH3 is 1. The number of rotatable bonds is 3. The van der Waals surface area contributed by atoms with E-state index in [1.165, 1.54) is 5.56 Å². The summed E-state index contributed by atoms with van der Waals surface area (Å²) in [6, 6.07) is 8.16. The zero-order valence-electron chi connectivity index (χ0n) is 11.4. The summed E-state index contributed by atoms with van der Waals surface area (Å²) in [5.74, 6) is 0.398. The molecule has 1 aromatic rings. The van der Waals surface area contributed by atoms with E-state index < -0.39 is 0 Å². The highest BCUT2D eigenvalue weighted by atomic mass is 35.5. The molecule has 0 aliphatic carbocycles. The molecule has 100 valence electrons. The third-order valence-electron chi connectivity index (χ3n) is 4.55. The first-order valence-corrected chi connectivity index (χ1v) is 6.95. The number of hydrogen-bond acceptors (Lipinski definition) is 2. The molecular weight excluding hydrogens is 246 g/mol. The van der Waals surface area contributed by atoms with E-state index in [4.69, 9.17) is 16.3 Å². The van der Waals surface area contributed by atoms with Gasteiger partial charge in [0.05, 0.1) is 6.10 Å². The summed E-state index contributed by atoms with van der Waals surface area (Å²) >= 11 is 6.36. The highest BCUT2D eigenvalue weighted by Crippen LogP contribution is 2.45. The summed E-state index contributed by atoms with van der Waals surface area (Å²) in [5.41, 5.74) is 1.36. The number of ether oxygens (including phenoxy) is 1. The van der Waals surface area contributed by atoms with Gasteiger partial charge in [0.1, 0.15) is 0 Å². The summed E-state index contributed by atoms with van der Waals surface area (Å²) in [4.78, 5) is 0. The van der Waals surface area contributed by atoms with Gasteiger partial charge in [-0.3, -0.25) is 0 Å². The Kier molecular flexibility index (Phi) is 4.31. The van der Waals surface area contributed by atoms with E-state index in [2.05, 4.69) is 31.3 Å². The van der Waals surface area contributed by atoms with Crippen molar-refractivity contribution in [3.05, 3.63) is 34.9 Å². The second-order valence-corrected chi connectivity index (χ2v) is 5.82. The average molecular weight is 268 g/mol. The number of benzene rings is 1. The van der Waals surface area contributed by atoms with Gasteiger partial charge in [0.2, 0.25) is 0 Å². The molecular formula is C15H22ClNO. The molecule has 1 N–H and O–H groups in total. The Hall–Kier alpha value is -0.570. The summed E-state index contributed by atoms with van der Waals surface area (Å²) in [5, 5.41) is 4.34. The Morgan fingerprint density at radius 3 is 2.83 bits per heavy atom. The van der Waals surface area contributed by atoms with Gasteiger partial charge < -0.3 is 10.1 Å². The van der Waals surface area contributed by atoms with Crippen molar-refractivity contribution >= 4 is 11.6 Å². The van der Waals surface area contributed by atoms with Crippen LogP contribution in [0.5, 0.6) is 0 Å². The molecule has 0 radical (unpaired) electrons. The SMILES string of the molecule is COC(C)C1(C)CCNCC1c1ccccc1Cl. The van der Waals surface area contributed by atoms with Gasteiger partial charge >= 0.3 is 0 Å². The lowest BCUT2D eigenvalue weighted by Gasteiger charge is -2.45. The van der Waals surface area contributed by atoms with Gasteiger partial charge in [-0.2, -0.15) is 0 Å². The van der Waals surface area contributed by atoms with Gasteiger partial charge in [-0.05, 0) is 31.5 Å². The molecule has 0 saturated carbocycles. The second-order valence-electron chi connectivity index (χ2n) is 5.41. The highest BCUT2D eigenvalue weighted by molar-refractivity contribution is 6.31. The van der Waals surface area contributed by atoms with Crippen molar-refractivity contribution in [1.29, 1.82) is 0 Å². The fourth-order valence-electron chi connectivity index (χ4n) is 2.99. The smallest absolute Gasteiger partial charge is 0.0603 e. The molecule has 0 amide bonds. The third-order valence-corrected chi connectivity index (χ3v) is 4.89. The van der Waals surface area contributed by atoms with Gasteiger partial charge in [0.25, 0.3) is 0 Å². The number of hydrogen-bond donors (Lipinski definition) is 1. The molecule has 0 spiro atoms. The summed E-state index contributed by atoms with van der Waals surface area (Å²) < 4.78 is 5.61. The van der Waals surface area contributed by atoms with Gasteiger partial charge in [-0.15, -0.1) is 0 Å². The zero-order valence-corrected chi connectivity index (χ0v) is 12.1. The predicted molar refractivity (Wildman–Crippen MR) is 76.3 cm³/mol. The lowest BCUT2D eigenvalue weighted by molar-refractivity contribution is -0.0207. The van der Waals surface area contributed by atoms with E-state index in [0.717, 1.165) is 24.5 Å². The molecule has 1 fully saturated rings. The van der Waals surface area contributed by atoms with Crippen molar-refractivity contribution in [3.63, 3.8) is 0 Å². The first-order valence-electron chi connectivity index (χ1n) is 6.57. The Morgan fingerprint density at radius 1 is 1.44 bits per heavy atom. The number of halogens is 1. The molecule has 1 aliphatic heterocycles. The first-order chi connectivity index (χ1) is 8.59. The van der Waals surface area contributed by atoms with E-state index in [1.54, 1.807) is 7.11 Å². The maximum Gasteiger partial charge on any atom is 0.0603 e. The molecule has 1 aromatic carbocycles. The van der Waals surface area contributed by atoms with Crippen LogP contribution in [-0.2, 0) is 4.74 Å². The normalized spacial score (nSPS) is 30.1. The van der Waals surface area contributed by atoms with Crippen LogP contribution in [0.2, 0.25) is 5.02 Å². The van der Waals surface area contributed by atoms with Crippen LogP contribution in [0.15, 0.2) is 24.3 Å². The molecule has 18 heavy (non-hydrogen) atoms. The van der Waals surface area contributed by atoms with Crippen LogP contribution in [0.1, 0.15) is 31.7 Å². The minimum atomic E-state index is 0.130. The standard InChI is InChI=1S/C15H22ClNO/c1-11(18-3)15(2)8-9-17-10-13(15)12-6-4-5-7-14(12)16/h4-7,11,13,17H,8-10H2,1-3H3. The van der Waals surface area contributed by atoms with Gasteiger partial charge in [-0.1, -0.05) is 36.7 Å². The van der Waals surface area contributed by atoms with Crippen LogP contribution in [0.25, 0.3) is 0 Å². The van der Waals surface area contributed by atoms with E-state index >= 15 is 0 Å². The molecule has 0 bridgehead atoms. The maximum atomic E-state index is 6.36. The quantitative estimate of drug-likeness (QED) is 0.906. The van der Waals surface area contributed by atoms with Crippen molar-refractivity contribution in [2.45, 2.75) is 32.3 Å². The number of piperidine rings is 1. The Bertz CT molecular complexity index is 409. The van der Waals surface area contributed by atoms with Crippen molar-refractivity contribution < 1.29 is 4.74 Å². The van der Waals surface area contributed by atoms with Gasteiger partial charge in [0.15, 0.2) is 0 Å². The summed E-state index contributed by atoms with van der Waals surface area (Å²) in [6.45, 7) is 6.49. The van der Waals surface area contributed by atoms with E-state index in [1.807, 2.05) is 12.1 Å². The van der Waals surface area contributed by atoms with Crippen molar-refractivity contribution in [2.75, 3.05) is 20.2 Å². The topological polar surface area (TPSA) is 21.3 Å². The molecule has 0 aromatic heterocycles. The molecule has 2 rings (SSSR count). The molecule has 2 nitrogen and oxygen atoms in total. The van der Waals surface area contributed by atoms with Crippen LogP contribution < -0.4 is 5.32 Å². The van der Waals surface area contributed by atoms with Crippen molar-refractivity contribution in [1.82, 2.24) is 5.32 Å². The zero-order chi connectivity index (χ0) is 13.2. The molecule has 1 saturated heterocycles. The predicted octanol–water partition coefficient (Wildman–Crippen LogP) is 3.46. The Balaban J connectivity index is 2.37. The average Bonchev–Trinajstić information content (AvgIpc) is 2.39. The lowest BCUT2D eigenvalue weighted by Crippen LogP contribution is -2.48. The van der Waals surface area contributed by atoms with Crippen LogP contribution >= 0.6 is 11.6 Å². The molecule has 1 heterocycles. The van der Waals surface area contributed by atoms with Crippen LogP contribution in [-0.4, -0.2) is 26.3 Å². The third kappa shape index (κ3) is 2.42.